The van der Waals surface area contributed by atoms with Crippen molar-refractivity contribution in [2.45, 2.75) is 44.5 Å². The van der Waals surface area contributed by atoms with Gasteiger partial charge in [0.1, 0.15) is 23.5 Å². The Kier molecular flexibility index (Phi) is 7.28. The van der Waals surface area contributed by atoms with Crippen LogP contribution in [0.3, 0.4) is 0 Å². The summed E-state index contributed by atoms with van der Waals surface area (Å²) in [6.07, 6.45) is 1.22. The van der Waals surface area contributed by atoms with Gasteiger partial charge in [-0.25, -0.2) is 9.29 Å². The minimum Gasteiger partial charge on any atom is -0.509 e. The summed E-state index contributed by atoms with van der Waals surface area (Å²) in [5.74, 6) is -2.50. The van der Waals surface area contributed by atoms with Crippen molar-refractivity contribution < 1.29 is 32.5 Å². The maximum atomic E-state index is 13.1. The van der Waals surface area contributed by atoms with Crippen molar-refractivity contribution >= 4 is 44.3 Å². The number of carbonyl (C=O) groups is 2. The van der Waals surface area contributed by atoms with Crippen molar-refractivity contribution in [1.82, 2.24) is 29.6 Å². The van der Waals surface area contributed by atoms with Gasteiger partial charge in [0, 0.05) is 5.38 Å². The number of nitriles is 1. The van der Waals surface area contributed by atoms with E-state index in [9.17, 15) is 27.7 Å². The van der Waals surface area contributed by atoms with Gasteiger partial charge < -0.3 is 21.0 Å². The van der Waals surface area contributed by atoms with Crippen molar-refractivity contribution in [2.24, 2.45) is 5.16 Å². The van der Waals surface area contributed by atoms with Crippen LogP contribution in [0.25, 0.3) is 0 Å². The summed E-state index contributed by atoms with van der Waals surface area (Å²) in [6, 6.07) is -0.869. The number of aromatic nitrogens is 4. The number of hydrogen-bond donors (Lipinski definition) is 4. The third kappa shape index (κ3) is 5.59. The lowest BCUT2D eigenvalue weighted by Gasteiger charge is -2.43. The number of nitrogens with two attached hydrogens (primary N) is 1. The molecule has 0 aliphatic carbocycles. The van der Waals surface area contributed by atoms with Crippen LogP contribution in [0.5, 0.6) is 0 Å². The van der Waals surface area contributed by atoms with Gasteiger partial charge in [-0.3, -0.25) is 14.1 Å². The van der Waals surface area contributed by atoms with Gasteiger partial charge in [-0.2, -0.15) is 28.7 Å². The molecule has 0 aromatic carbocycles. The molecule has 2 aromatic rings. The minimum absolute atomic E-state index is 0.0146. The van der Waals surface area contributed by atoms with E-state index in [1.165, 1.54) is 25.4 Å². The first kappa shape index (κ1) is 26.5. The van der Waals surface area contributed by atoms with Crippen LogP contribution in [-0.4, -0.2) is 77.6 Å². The van der Waals surface area contributed by atoms with Crippen molar-refractivity contribution in [3.63, 3.8) is 0 Å². The van der Waals surface area contributed by atoms with Gasteiger partial charge in [0.15, 0.2) is 16.4 Å². The predicted molar refractivity (Wildman–Crippen MR) is 123 cm³/mol. The Balaban J connectivity index is 1.88. The van der Waals surface area contributed by atoms with Crippen molar-refractivity contribution in [3.05, 3.63) is 35.3 Å². The molecule has 3 rings (SSSR count). The van der Waals surface area contributed by atoms with Crippen molar-refractivity contribution in [1.29, 1.82) is 5.26 Å². The molecule has 0 saturated carbocycles. The first-order valence-corrected chi connectivity index (χ1v) is 12.3. The number of nitrogen functional groups attached to an aromatic ring is 1. The quantitative estimate of drug-likeness (QED) is 0.0949. The molecule has 18 heteroatoms. The molecule has 0 spiro atoms. The zero-order valence-electron chi connectivity index (χ0n) is 18.9. The topological polar surface area (TPSA) is 239 Å². The van der Waals surface area contributed by atoms with Gasteiger partial charge >= 0.3 is 10.3 Å². The summed E-state index contributed by atoms with van der Waals surface area (Å²) in [4.78, 5) is 35.9. The van der Waals surface area contributed by atoms with Crippen LogP contribution in [0.15, 0.2) is 29.1 Å². The number of nitrogens with zero attached hydrogens (tertiary/aromatic N) is 7. The summed E-state index contributed by atoms with van der Waals surface area (Å²) in [5, 5.41) is 33.9. The zero-order valence-corrected chi connectivity index (χ0v) is 20.5. The molecule has 36 heavy (non-hydrogen) atoms. The highest BCUT2D eigenvalue weighted by molar-refractivity contribution is 7.84. The van der Waals surface area contributed by atoms with E-state index in [2.05, 4.69) is 32.2 Å². The second-order valence-corrected chi connectivity index (χ2v) is 10.1. The Morgan fingerprint density at radius 3 is 2.75 bits per heavy atom. The Hall–Kier alpha value is -4.08. The fraction of sp³-hybridized carbons (Fsp3) is 0.389. The third-order valence-electron chi connectivity index (χ3n) is 4.94. The molecule has 2 amide bonds. The van der Waals surface area contributed by atoms with Crippen LogP contribution in [-0.2, 0) is 37.7 Å². The molecule has 2 atom stereocenters. The van der Waals surface area contributed by atoms with Crippen LogP contribution in [0, 0.1) is 11.3 Å². The number of anilines is 1. The van der Waals surface area contributed by atoms with E-state index in [0.29, 0.717) is 5.69 Å². The second kappa shape index (κ2) is 9.88. The number of hydrogen-bond acceptors (Lipinski definition) is 13. The van der Waals surface area contributed by atoms with E-state index in [-0.39, 0.29) is 33.9 Å². The lowest BCUT2D eigenvalue weighted by atomic mass is 9.98. The molecule has 2 aromatic heterocycles. The smallest absolute Gasteiger partial charge is 0.362 e. The third-order valence-corrected chi connectivity index (χ3v) is 6.56. The molecule has 16 nitrogen and oxygen atoms in total. The second-order valence-electron chi connectivity index (χ2n) is 7.92. The minimum atomic E-state index is -4.97. The van der Waals surface area contributed by atoms with E-state index < -0.39 is 45.5 Å². The van der Waals surface area contributed by atoms with Gasteiger partial charge in [0.2, 0.25) is 0 Å². The molecule has 3 heterocycles. The van der Waals surface area contributed by atoms with Crippen LogP contribution in [0.1, 0.15) is 25.2 Å². The largest absolute Gasteiger partial charge is 0.509 e. The van der Waals surface area contributed by atoms with E-state index in [0.717, 1.165) is 16.1 Å². The standard InChI is InChI=1S/C18H21N9O7S2/c1-9(28)18(2,3)34-25-13(11-8-35-17(20)22-11)15(29)23-14-12(27(16(14)30)36(31,32)33)7-26-21-6-10(24-26)4-5-19/h6,8,12,14,28H,1,4,7H2,2-3H3,(H2,20,22)(H,23,29)(H,31,32,33)/b25-13-/t12-,14+/m1/s1. The summed E-state index contributed by atoms with van der Waals surface area (Å²) < 4.78 is 33.2. The first-order valence-electron chi connectivity index (χ1n) is 9.98. The molecule has 0 unspecified atom stereocenters. The number of oxime groups is 1. The number of aliphatic hydroxyl groups excluding tert-OH is 1. The molecule has 1 aliphatic rings. The lowest BCUT2D eigenvalue weighted by molar-refractivity contribution is -0.145. The number of aliphatic hydroxyl groups is 1. The number of rotatable bonds is 10. The van der Waals surface area contributed by atoms with Gasteiger partial charge in [-0.1, -0.05) is 11.7 Å². The summed E-state index contributed by atoms with van der Waals surface area (Å²) in [6.45, 7) is 5.88. The molecule has 0 radical (unpaired) electrons. The van der Waals surface area contributed by atoms with E-state index in [1.54, 1.807) is 0 Å². The monoisotopic (exact) mass is 539 g/mol. The molecular formula is C18H21N9O7S2. The summed E-state index contributed by atoms with van der Waals surface area (Å²) >= 11 is 0.994. The normalized spacial score (nSPS) is 18.3. The van der Waals surface area contributed by atoms with E-state index in [1.807, 2.05) is 6.07 Å². The molecule has 192 valence electrons. The Morgan fingerprint density at radius 1 is 1.50 bits per heavy atom. The number of amides is 2. The molecule has 1 fully saturated rings. The number of β-lactam (4-membered cyclic amide) rings is 1. The van der Waals surface area contributed by atoms with Crippen LogP contribution in [0.4, 0.5) is 5.13 Å². The molecule has 5 N–H and O–H groups in total. The van der Waals surface area contributed by atoms with Crippen LogP contribution in [0.2, 0.25) is 0 Å². The number of nitrogens with one attached hydrogen (secondary N) is 1. The molecule has 1 aliphatic heterocycles. The first-order chi connectivity index (χ1) is 16.7. The van der Waals surface area contributed by atoms with Crippen LogP contribution >= 0.6 is 11.3 Å². The van der Waals surface area contributed by atoms with Crippen LogP contribution < -0.4 is 11.1 Å². The summed E-state index contributed by atoms with van der Waals surface area (Å²) in [5.41, 5.74) is 4.10. The summed E-state index contributed by atoms with van der Waals surface area (Å²) in [7, 11) is -4.97. The number of carbonyl (C=O) groups excluding carboxylic acids is 2. The maximum Gasteiger partial charge on any atom is 0.362 e. The lowest BCUT2D eigenvalue weighted by Crippen LogP contribution is -2.73. The van der Waals surface area contributed by atoms with Gasteiger partial charge in [0.25, 0.3) is 11.8 Å². The van der Waals surface area contributed by atoms with Crippen molar-refractivity contribution in [2.75, 3.05) is 5.73 Å². The average Bonchev–Trinajstić information content (AvgIpc) is 3.39. The predicted octanol–water partition coefficient (Wildman–Crippen LogP) is -0.848. The Morgan fingerprint density at radius 2 is 2.19 bits per heavy atom. The zero-order chi connectivity index (χ0) is 26.8. The maximum absolute atomic E-state index is 13.1. The fourth-order valence-corrected chi connectivity index (χ4v) is 4.33. The molecular weight excluding hydrogens is 518 g/mol. The highest BCUT2D eigenvalue weighted by atomic mass is 32.2. The fourth-order valence-electron chi connectivity index (χ4n) is 2.91. The Bertz CT molecular complexity index is 1370. The highest BCUT2D eigenvalue weighted by Crippen LogP contribution is 2.25. The SMILES string of the molecule is C=C(O)C(C)(C)O/N=C(\C(=O)N[C@@H]1C(=O)N(S(=O)(=O)O)[C@@H]1Cn1ncc(CC#N)n1)c1csc(N)n1. The highest BCUT2D eigenvalue weighted by Gasteiger charge is 2.54. The van der Waals surface area contributed by atoms with E-state index >= 15 is 0 Å². The van der Waals surface area contributed by atoms with Gasteiger partial charge in [-0.05, 0) is 13.8 Å². The van der Waals surface area contributed by atoms with Crippen molar-refractivity contribution in [3.8, 4) is 6.07 Å². The van der Waals surface area contributed by atoms with E-state index in [4.69, 9.17) is 15.8 Å². The number of thiazole rings is 1. The Labute approximate surface area is 208 Å². The average molecular weight is 540 g/mol. The van der Waals surface area contributed by atoms with Gasteiger partial charge in [-0.15, -0.1) is 11.3 Å². The molecule has 0 bridgehead atoms. The van der Waals surface area contributed by atoms with Gasteiger partial charge in [0.05, 0.1) is 30.9 Å². The molecule has 1 saturated heterocycles.